The fourth-order valence-electron chi connectivity index (χ4n) is 2.62. The van der Waals surface area contributed by atoms with Crippen molar-refractivity contribution in [2.75, 3.05) is 0 Å². The lowest BCUT2D eigenvalue weighted by molar-refractivity contribution is 0.149. The highest BCUT2D eigenvalue weighted by atomic mass is 35.5. The van der Waals surface area contributed by atoms with Crippen LogP contribution in [-0.2, 0) is 0 Å². The summed E-state index contributed by atoms with van der Waals surface area (Å²) in [6, 6.07) is 2.97. The van der Waals surface area contributed by atoms with Crippen molar-refractivity contribution in [2.24, 2.45) is 0 Å². The third-order valence-electron chi connectivity index (χ3n) is 3.62. The quantitative estimate of drug-likeness (QED) is 0.531. The smallest absolute Gasteiger partial charge is 0.210 e. The van der Waals surface area contributed by atoms with Crippen molar-refractivity contribution in [3.63, 3.8) is 0 Å². The van der Waals surface area contributed by atoms with Gasteiger partial charge in [-0.2, -0.15) is 0 Å². The number of benzene rings is 1. The van der Waals surface area contributed by atoms with Crippen LogP contribution in [-0.4, -0.2) is 6.43 Å². The van der Waals surface area contributed by atoms with Crippen LogP contribution in [0.4, 0.5) is 13.2 Å². The monoisotopic (exact) mass is 338 g/mol. The fraction of sp³-hybridized carbons (Fsp3) is 0.263. The van der Waals surface area contributed by atoms with Crippen LogP contribution in [0.3, 0.4) is 0 Å². The van der Waals surface area contributed by atoms with Gasteiger partial charge >= 0.3 is 0 Å². The van der Waals surface area contributed by atoms with Crippen molar-refractivity contribution in [1.82, 2.24) is 0 Å². The Morgan fingerprint density at radius 2 is 1.96 bits per heavy atom. The number of hydrogen-bond donors (Lipinski definition) is 0. The molecule has 0 fully saturated rings. The summed E-state index contributed by atoms with van der Waals surface area (Å²) < 4.78 is 39.2. The molecule has 0 spiro atoms. The molecule has 0 atom stereocenters. The Labute approximate surface area is 139 Å². The minimum atomic E-state index is -2.40. The first-order valence-corrected chi connectivity index (χ1v) is 7.75. The minimum Gasteiger partial charge on any atom is -0.210 e. The van der Waals surface area contributed by atoms with E-state index in [1.54, 1.807) is 19.1 Å². The summed E-state index contributed by atoms with van der Waals surface area (Å²) >= 11 is 5.90. The van der Waals surface area contributed by atoms with Crippen LogP contribution < -0.4 is 0 Å². The lowest BCUT2D eigenvalue weighted by Gasteiger charge is -2.06. The normalized spacial score (nSPS) is 17.0. The highest BCUT2D eigenvalue weighted by molar-refractivity contribution is 6.31. The zero-order valence-corrected chi connectivity index (χ0v) is 14.0. The summed E-state index contributed by atoms with van der Waals surface area (Å²) in [5.74, 6) is -0.379. The molecular weight excluding hydrogens is 321 g/mol. The van der Waals surface area contributed by atoms with Gasteiger partial charge in [0, 0.05) is 22.6 Å². The van der Waals surface area contributed by atoms with Gasteiger partial charge in [0.1, 0.15) is 5.82 Å². The number of alkyl halides is 2. The van der Waals surface area contributed by atoms with Crippen LogP contribution >= 0.6 is 11.6 Å². The Bertz CT molecular complexity index is 737. The van der Waals surface area contributed by atoms with Gasteiger partial charge in [-0.1, -0.05) is 41.5 Å². The van der Waals surface area contributed by atoms with Gasteiger partial charge < -0.3 is 0 Å². The standard InChI is InChI=1S/C19H18ClF3/c1-4-6-12(5-2)14(7-11(3)8-17(22)23)18-15-9-13(20)10-16(21)19(15)18/h4-7,9-10,17H,8H2,1-3H3/b6-4-,11-7-,12-5+,18-14+. The molecule has 0 nitrogen and oxygen atoms in total. The molecule has 4 heteroatoms. The predicted molar refractivity (Wildman–Crippen MR) is 90.4 cm³/mol. The Hall–Kier alpha value is -1.74. The van der Waals surface area contributed by atoms with E-state index in [9.17, 15) is 13.2 Å². The molecule has 122 valence electrons. The molecule has 0 bridgehead atoms. The maximum absolute atomic E-state index is 14.0. The van der Waals surface area contributed by atoms with Crippen LogP contribution in [0.1, 0.15) is 38.3 Å². The molecule has 0 unspecified atom stereocenters. The summed E-state index contributed by atoms with van der Waals surface area (Å²) in [4.78, 5) is 0. The molecule has 1 aromatic rings. The first kappa shape index (κ1) is 17.6. The van der Waals surface area contributed by atoms with E-state index in [2.05, 4.69) is 0 Å². The van der Waals surface area contributed by atoms with Crippen molar-refractivity contribution in [2.45, 2.75) is 33.6 Å². The summed E-state index contributed by atoms with van der Waals surface area (Å²) in [6.07, 6.45) is 4.64. The Balaban J connectivity index is 2.57. The Morgan fingerprint density at radius 3 is 2.52 bits per heavy atom. The molecule has 0 radical (unpaired) electrons. The second-order valence-corrected chi connectivity index (χ2v) is 5.87. The van der Waals surface area contributed by atoms with Gasteiger partial charge in [-0.25, -0.2) is 13.2 Å². The molecular formula is C19H18ClF3. The molecule has 0 saturated carbocycles. The topological polar surface area (TPSA) is 0 Å². The van der Waals surface area contributed by atoms with Gasteiger partial charge in [0.25, 0.3) is 0 Å². The van der Waals surface area contributed by atoms with Gasteiger partial charge in [-0.05, 0) is 49.6 Å². The third kappa shape index (κ3) is 3.97. The molecule has 1 aliphatic carbocycles. The Morgan fingerprint density at radius 1 is 1.26 bits per heavy atom. The highest BCUT2D eigenvalue weighted by Gasteiger charge is 2.33. The van der Waals surface area contributed by atoms with Gasteiger partial charge in [0.15, 0.2) is 0 Å². The minimum absolute atomic E-state index is 0.302. The lowest BCUT2D eigenvalue weighted by Crippen LogP contribution is -1.93. The maximum atomic E-state index is 14.0. The third-order valence-corrected chi connectivity index (χ3v) is 3.83. The summed E-state index contributed by atoms with van der Waals surface area (Å²) in [7, 11) is 0. The van der Waals surface area contributed by atoms with Crippen molar-refractivity contribution in [3.8, 4) is 0 Å². The molecule has 0 aliphatic heterocycles. The predicted octanol–water partition coefficient (Wildman–Crippen LogP) is 6.72. The number of rotatable bonds is 5. The van der Waals surface area contributed by atoms with Crippen molar-refractivity contribution < 1.29 is 13.2 Å². The van der Waals surface area contributed by atoms with E-state index in [0.29, 0.717) is 16.2 Å². The van der Waals surface area contributed by atoms with Crippen LogP contribution in [0, 0.1) is 5.82 Å². The van der Waals surface area contributed by atoms with Gasteiger partial charge in [0.05, 0.1) is 0 Å². The van der Waals surface area contributed by atoms with E-state index >= 15 is 0 Å². The largest absolute Gasteiger partial charge is 0.242 e. The second-order valence-electron chi connectivity index (χ2n) is 5.43. The molecule has 0 saturated heterocycles. The highest BCUT2D eigenvalue weighted by Crippen LogP contribution is 2.49. The van der Waals surface area contributed by atoms with Gasteiger partial charge in [0.2, 0.25) is 6.43 Å². The molecule has 0 N–H and O–H groups in total. The lowest BCUT2D eigenvalue weighted by atomic mass is 9.99. The second kappa shape index (κ2) is 7.22. The molecule has 0 amide bonds. The molecule has 1 aliphatic rings. The van der Waals surface area contributed by atoms with E-state index in [4.69, 9.17) is 11.6 Å². The average Bonchev–Trinajstić information content (AvgIpc) is 3.15. The maximum Gasteiger partial charge on any atom is 0.242 e. The van der Waals surface area contributed by atoms with Crippen LogP contribution in [0.2, 0.25) is 5.02 Å². The first-order chi connectivity index (χ1) is 10.9. The van der Waals surface area contributed by atoms with E-state index in [0.717, 1.165) is 22.3 Å². The molecule has 23 heavy (non-hydrogen) atoms. The van der Waals surface area contributed by atoms with Gasteiger partial charge in [-0.3, -0.25) is 0 Å². The first-order valence-electron chi connectivity index (χ1n) is 7.37. The molecule has 0 heterocycles. The van der Waals surface area contributed by atoms with E-state index in [1.807, 2.05) is 32.1 Å². The molecule has 0 aromatic heterocycles. The summed E-state index contributed by atoms with van der Waals surface area (Å²) in [6.45, 7) is 5.40. The van der Waals surface area contributed by atoms with E-state index < -0.39 is 6.43 Å². The summed E-state index contributed by atoms with van der Waals surface area (Å²) in [5, 5.41) is 0.331. The van der Waals surface area contributed by atoms with Crippen molar-refractivity contribution in [1.29, 1.82) is 0 Å². The fourth-order valence-corrected chi connectivity index (χ4v) is 2.82. The molecule has 2 rings (SSSR count). The number of halogens is 4. The summed E-state index contributed by atoms with van der Waals surface area (Å²) in [5.41, 5.74) is 4.18. The average molecular weight is 339 g/mol. The SMILES string of the molecule is C\C=C/C(=C\C)C(/C=C(/C)CC(F)F)=C1\c2cc(Cl)cc(F)c21. The van der Waals surface area contributed by atoms with Crippen LogP contribution in [0.5, 0.6) is 0 Å². The number of fused-ring (bicyclic) bond motifs is 1. The van der Waals surface area contributed by atoms with Gasteiger partial charge in [-0.15, -0.1) is 0 Å². The zero-order valence-electron chi connectivity index (χ0n) is 13.3. The van der Waals surface area contributed by atoms with Crippen molar-refractivity contribution in [3.05, 3.63) is 75.1 Å². The zero-order chi connectivity index (χ0) is 17.1. The number of hydrogen-bond acceptors (Lipinski definition) is 0. The van der Waals surface area contributed by atoms with E-state index in [1.165, 1.54) is 6.07 Å². The van der Waals surface area contributed by atoms with Crippen LogP contribution in [0.25, 0.3) is 5.57 Å². The Kier molecular flexibility index (Phi) is 5.53. The molecule has 1 aromatic carbocycles. The number of allylic oxidation sites excluding steroid dienone is 7. The van der Waals surface area contributed by atoms with Crippen LogP contribution in [0.15, 0.2) is 53.2 Å². The van der Waals surface area contributed by atoms with Crippen molar-refractivity contribution >= 4 is 17.2 Å². The van der Waals surface area contributed by atoms with E-state index in [-0.39, 0.29) is 12.2 Å².